The van der Waals surface area contributed by atoms with E-state index in [1.165, 1.54) is 18.9 Å². The lowest BCUT2D eigenvalue weighted by Crippen LogP contribution is -2.47. The van der Waals surface area contributed by atoms with E-state index in [1.54, 1.807) is 34.8 Å². The van der Waals surface area contributed by atoms with E-state index in [1.807, 2.05) is 18.2 Å². The van der Waals surface area contributed by atoms with Gasteiger partial charge in [0.25, 0.3) is 0 Å². The summed E-state index contributed by atoms with van der Waals surface area (Å²) in [5.74, 6) is 1.66. The fourth-order valence-corrected chi connectivity index (χ4v) is 5.36. The van der Waals surface area contributed by atoms with Crippen molar-refractivity contribution in [1.29, 1.82) is 0 Å². The van der Waals surface area contributed by atoms with Crippen LogP contribution in [0.3, 0.4) is 0 Å². The maximum Gasteiger partial charge on any atom is 0.238 e. The van der Waals surface area contributed by atoms with Gasteiger partial charge < -0.3 is 40.5 Å². The molecule has 10 nitrogen and oxygen atoms in total. The molecular formula is C20H35N3O7S3. The van der Waals surface area contributed by atoms with Crippen molar-refractivity contribution in [3.05, 3.63) is 24.4 Å². The van der Waals surface area contributed by atoms with Crippen molar-refractivity contribution >= 4 is 39.3 Å². The maximum atomic E-state index is 12.3. The molecule has 190 valence electrons. The Morgan fingerprint density at radius 1 is 1.24 bits per heavy atom. The number of carbonyl (C=O) groups excluding carboxylic acids is 1. The second-order valence-corrected chi connectivity index (χ2v) is 10.4. The smallest absolute Gasteiger partial charge is 0.238 e. The number of hydrogen-bond donors (Lipinski definition) is 6. The molecule has 13 heteroatoms. The van der Waals surface area contributed by atoms with E-state index in [2.05, 4.69) is 15.6 Å². The summed E-state index contributed by atoms with van der Waals surface area (Å²) in [6.45, 7) is 0.404. The third kappa shape index (κ3) is 12.6. The molecule has 6 N–H and O–H groups in total. The summed E-state index contributed by atoms with van der Waals surface area (Å²) in [6, 6.07) is 5.36. The number of methoxy groups -OCH3 is 1. The van der Waals surface area contributed by atoms with Crippen LogP contribution in [0.5, 0.6) is 0 Å². The highest BCUT2D eigenvalue weighted by atomic mass is 33.1. The molecule has 0 spiro atoms. The average Bonchev–Trinajstić information content (AvgIpc) is 2.82. The Labute approximate surface area is 207 Å². The summed E-state index contributed by atoms with van der Waals surface area (Å²) in [5, 5.41) is 45.6. The van der Waals surface area contributed by atoms with Crippen LogP contribution in [0, 0.1) is 0 Å². The van der Waals surface area contributed by atoms with E-state index < -0.39 is 24.6 Å². The molecule has 1 aromatic rings. The molecule has 5 atom stereocenters. The summed E-state index contributed by atoms with van der Waals surface area (Å²) in [4.78, 5) is 16.5. The number of aromatic nitrogens is 1. The van der Waals surface area contributed by atoms with Crippen LogP contribution < -0.4 is 10.6 Å². The Bertz CT molecular complexity index is 636. The minimum atomic E-state index is -1.55. The standard InChI is InChI=1S/C20H35N3O7S3/c1-21-14(19(27)23-8-11-32-33-16-5-3-4-7-22-16)13-31-12-10-30-20(28)17(26)18(29-2)15(25)6-9-24/h3-5,7,14-15,17-18,20-21,24-26,28H,6,8-13H2,1-2H3,(H,23,27)/t14-,15?,17?,18?,20?/m1/s1. The Balaban J connectivity index is 2.19. The summed E-state index contributed by atoms with van der Waals surface area (Å²) in [6.07, 6.45) is -3.48. The number of pyridine rings is 1. The van der Waals surface area contributed by atoms with Gasteiger partial charge in [-0.05, 0) is 36.4 Å². The largest absolute Gasteiger partial charge is 0.396 e. The van der Waals surface area contributed by atoms with Crippen LogP contribution in [-0.2, 0) is 14.3 Å². The number of aliphatic hydroxyl groups is 4. The first-order chi connectivity index (χ1) is 15.9. The number of amides is 1. The van der Waals surface area contributed by atoms with Gasteiger partial charge in [0.05, 0.1) is 18.8 Å². The lowest BCUT2D eigenvalue weighted by molar-refractivity contribution is -0.206. The first-order valence-corrected chi connectivity index (χ1v) is 13.9. The number of hydrogen-bond acceptors (Lipinski definition) is 12. The summed E-state index contributed by atoms with van der Waals surface area (Å²) in [7, 11) is 6.19. The molecule has 1 aromatic heterocycles. The highest BCUT2D eigenvalue weighted by Gasteiger charge is 2.32. The molecule has 0 aliphatic heterocycles. The lowest BCUT2D eigenvalue weighted by Gasteiger charge is -2.29. The van der Waals surface area contributed by atoms with Gasteiger partial charge in [-0.25, -0.2) is 4.98 Å². The van der Waals surface area contributed by atoms with Crippen molar-refractivity contribution in [1.82, 2.24) is 15.6 Å². The molecule has 0 saturated carbocycles. The normalized spacial score (nSPS) is 16.1. The van der Waals surface area contributed by atoms with Crippen LogP contribution >= 0.6 is 33.3 Å². The van der Waals surface area contributed by atoms with Crippen molar-refractivity contribution in [3.8, 4) is 0 Å². The van der Waals surface area contributed by atoms with Crippen molar-refractivity contribution in [2.45, 2.75) is 42.1 Å². The van der Waals surface area contributed by atoms with Crippen molar-refractivity contribution in [2.24, 2.45) is 0 Å². The zero-order valence-corrected chi connectivity index (χ0v) is 21.3. The van der Waals surface area contributed by atoms with Gasteiger partial charge in [-0.3, -0.25) is 4.79 Å². The summed E-state index contributed by atoms with van der Waals surface area (Å²) < 4.78 is 10.2. The van der Waals surface area contributed by atoms with Gasteiger partial charge in [0, 0.05) is 43.7 Å². The lowest BCUT2D eigenvalue weighted by atomic mass is 10.0. The molecule has 0 aliphatic rings. The zero-order valence-electron chi connectivity index (χ0n) is 18.8. The van der Waals surface area contributed by atoms with Crippen molar-refractivity contribution in [2.75, 3.05) is 51.2 Å². The van der Waals surface area contributed by atoms with Gasteiger partial charge in [-0.15, -0.1) is 0 Å². The highest BCUT2D eigenvalue weighted by Crippen LogP contribution is 2.28. The van der Waals surface area contributed by atoms with E-state index in [0.717, 1.165) is 10.8 Å². The third-order valence-electron chi connectivity index (χ3n) is 4.44. The molecule has 4 unspecified atom stereocenters. The number of thioether (sulfide) groups is 1. The molecule has 0 aliphatic carbocycles. The molecule has 1 rings (SSSR count). The Kier molecular flexibility index (Phi) is 17.2. The molecule has 0 radical (unpaired) electrons. The predicted molar refractivity (Wildman–Crippen MR) is 132 cm³/mol. The minimum Gasteiger partial charge on any atom is -0.396 e. The highest BCUT2D eigenvalue weighted by molar-refractivity contribution is 8.76. The Hall–Kier alpha value is -0.610. The molecule has 0 fully saturated rings. The van der Waals surface area contributed by atoms with E-state index in [0.29, 0.717) is 18.1 Å². The SMILES string of the molecule is CN[C@H](CSCCOC(O)C(O)C(OC)C(O)CCO)C(=O)NCCSSc1ccccn1. The number of aliphatic hydroxyl groups excluding tert-OH is 4. The molecule has 1 heterocycles. The first-order valence-electron chi connectivity index (χ1n) is 10.5. The average molecular weight is 526 g/mol. The van der Waals surface area contributed by atoms with Crippen molar-refractivity contribution in [3.63, 3.8) is 0 Å². The van der Waals surface area contributed by atoms with Gasteiger partial charge in [-0.1, -0.05) is 16.9 Å². The third-order valence-corrected chi connectivity index (χ3v) is 7.73. The summed E-state index contributed by atoms with van der Waals surface area (Å²) >= 11 is 1.47. The molecular weight excluding hydrogens is 490 g/mol. The van der Waals surface area contributed by atoms with Gasteiger partial charge in [-0.2, -0.15) is 11.8 Å². The van der Waals surface area contributed by atoms with E-state index >= 15 is 0 Å². The fourth-order valence-electron chi connectivity index (χ4n) is 2.64. The molecule has 0 aromatic carbocycles. The van der Waals surface area contributed by atoms with Crippen LogP contribution in [-0.4, -0.2) is 113 Å². The Morgan fingerprint density at radius 3 is 2.67 bits per heavy atom. The number of ether oxygens (including phenoxy) is 2. The maximum absolute atomic E-state index is 12.3. The van der Waals surface area contributed by atoms with Crippen LogP contribution in [0.1, 0.15) is 6.42 Å². The number of carbonyl (C=O) groups is 1. The monoisotopic (exact) mass is 525 g/mol. The minimum absolute atomic E-state index is 0.00731. The quantitative estimate of drug-likeness (QED) is 0.0799. The number of nitrogens with zero attached hydrogens (tertiary/aromatic N) is 1. The van der Waals surface area contributed by atoms with Crippen LogP contribution in [0.25, 0.3) is 0 Å². The van der Waals surface area contributed by atoms with Gasteiger partial charge in [0.15, 0.2) is 6.29 Å². The number of rotatable bonds is 19. The predicted octanol–water partition coefficient (Wildman–Crippen LogP) is -0.286. The molecule has 0 bridgehead atoms. The second kappa shape index (κ2) is 18.7. The van der Waals surface area contributed by atoms with E-state index in [4.69, 9.17) is 14.6 Å². The zero-order chi connectivity index (χ0) is 24.5. The number of nitrogens with one attached hydrogen (secondary N) is 2. The van der Waals surface area contributed by atoms with Crippen LogP contribution in [0.15, 0.2) is 29.4 Å². The molecule has 0 saturated heterocycles. The van der Waals surface area contributed by atoms with E-state index in [-0.39, 0.29) is 31.6 Å². The Morgan fingerprint density at radius 2 is 2.03 bits per heavy atom. The topological polar surface area (TPSA) is 153 Å². The first kappa shape index (κ1) is 30.4. The van der Waals surface area contributed by atoms with Gasteiger partial charge in [0.1, 0.15) is 17.2 Å². The van der Waals surface area contributed by atoms with Gasteiger partial charge >= 0.3 is 0 Å². The van der Waals surface area contributed by atoms with Crippen molar-refractivity contribution < 1.29 is 34.7 Å². The van der Waals surface area contributed by atoms with Crippen LogP contribution in [0.2, 0.25) is 0 Å². The number of likely N-dealkylation sites (N-methyl/N-ethyl adjacent to an activating group) is 1. The molecule has 33 heavy (non-hydrogen) atoms. The van der Waals surface area contributed by atoms with E-state index in [9.17, 15) is 20.1 Å². The fraction of sp³-hybridized carbons (Fsp3) is 0.700. The van der Waals surface area contributed by atoms with Crippen LogP contribution in [0.4, 0.5) is 0 Å². The summed E-state index contributed by atoms with van der Waals surface area (Å²) in [5.41, 5.74) is 0. The molecule has 1 amide bonds. The van der Waals surface area contributed by atoms with Gasteiger partial charge in [0.2, 0.25) is 5.91 Å². The second-order valence-electron chi connectivity index (χ2n) is 6.81.